The molecule has 0 atom stereocenters. The van der Waals surface area contributed by atoms with Crippen LogP contribution < -0.4 is 10.6 Å². The molecule has 0 fully saturated rings. The van der Waals surface area contributed by atoms with Crippen molar-refractivity contribution in [2.24, 2.45) is 0 Å². The number of hydrogen-bond donors (Lipinski definition) is 2. The standard InChI is InChI=1S/C10H11NO.C9H10N2O.2C2H6/c1-7-4-3-5-8-6-9(12)11(2)10(7)8;1-5-3-4-7-8(6(5)2)11-9(12)10-7;2*1-2/h3-5H,6H2,1-2H3;3-4H,1-2H3,(H2,10,11,12);2*1-2H3. The number of H-pyrrole nitrogens is 2. The molecule has 0 saturated carbocycles. The number of rotatable bonds is 0. The van der Waals surface area contributed by atoms with Crippen LogP contribution in [0, 0.1) is 20.8 Å². The number of fused-ring (bicyclic) bond motifs is 2. The van der Waals surface area contributed by atoms with Gasteiger partial charge in [0.2, 0.25) is 5.91 Å². The van der Waals surface area contributed by atoms with E-state index in [1.807, 2.05) is 85.8 Å². The van der Waals surface area contributed by atoms with Crippen molar-refractivity contribution in [1.82, 2.24) is 9.97 Å². The van der Waals surface area contributed by atoms with Gasteiger partial charge in [-0.05, 0) is 49.1 Å². The van der Waals surface area contributed by atoms with Gasteiger partial charge in [0.05, 0.1) is 17.5 Å². The minimum Gasteiger partial charge on any atom is -0.315 e. The lowest BCUT2D eigenvalue weighted by molar-refractivity contribution is -0.117. The molecular weight excluding hydrogens is 350 g/mol. The van der Waals surface area contributed by atoms with Crippen molar-refractivity contribution in [1.29, 1.82) is 0 Å². The van der Waals surface area contributed by atoms with E-state index in [-0.39, 0.29) is 11.6 Å². The van der Waals surface area contributed by atoms with Crippen LogP contribution in [-0.4, -0.2) is 22.9 Å². The molecule has 28 heavy (non-hydrogen) atoms. The number of amides is 1. The minimum atomic E-state index is -0.140. The Kier molecular flexibility index (Phi) is 8.71. The minimum absolute atomic E-state index is 0.140. The Morgan fingerprint density at radius 2 is 1.50 bits per heavy atom. The summed E-state index contributed by atoms with van der Waals surface area (Å²) in [7, 11) is 1.83. The Hall–Kier alpha value is -2.82. The van der Waals surface area contributed by atoms with Gasteiger partial charge in [-0.3, -0.25) is 4.79 Å². The SMILES string of the molecule is CC.CC.Cc1ccc2[nH]c(=O)[nH]c2c1C.Cc1cccc2c1N(C)C(=O)C2. The first kappa shape index (κ1) is 23.2. The first-order valence-corrected chi connectivity index (χ1v) is 9.91. The van der Waals surface area contributed by atoms with Gasteiger partial charge in [-0.2, -0.15) is 0 Å². The molecule has 1 aliphatic heterocycles. The van der Waals surface area contributed by atoms with E-state index in [0.717, 1.165) is 27.8 Å². The van der Waals surface area contributed by atoms with E-state index < -0.39 is 0 Å². The van der Waals surface area contributed by atoms with Crippen LogP contribution in [0.1, 0.15) is 49.9 Å². The summed E-state index contributed by atoms with van der Waals surface area (Å²) >= 11 is 0. The maximum atomic E-state index is 11.3. The fraction of sp³-hybridized carbons (Fsp3) is 0.391. The molecule has 0 saturated heterocycles. The van der Waals surface area contributed by atoms with Crippen LogP contribution in [0.4, 0.5) is 5.69 Å². The molecule has 5 heteroatoms. The van der Waals surface area contributed by atoms with Crippen LogP contribution in [0.3, 0.4) is 0 Å². The van der Waals surface area contributed by atoms with Gasteiger partial charge in [0.15, 0.2) is 0 Å². The molecule has 0 aliphatic carbocycles. The summed E-state index contributed by atoms with van der Waals surface area (Å²) in [6.45, 7) is 14.1. The highest BCUT2D eigenvalue weighted by Gasteiger charge is 2.24. The van der Waals surface area contributed by atoms with E-state index in [4.69, 9.17) is 0 Å². The van der Waals surface area contributed by atoms with Crippen LogP contribution in [0.25, 0.3) is 11.0 Å². The number of carbonyl (C=O) groups is 1. The molecule has 152 valence electrons. The van der Waals surface area contributed by atoms with Crippen LogP contribution in [0.2, 0.25) is 0 Å². The molecule has 2 N–H and O–H groups in total. The van der Waals surface area contributed by atoms with Crippen molar-refractivity contribution < 1.29 is 4.79 Å². The number of para-hydroxylation sites is 1. The molecule has 0 spiro atoms. The zero-order valence-electron chi connectivity index (χ0n) is 18.4. The largest absolute Gasteiger partial charge is 0.323 e. The number of hydrogen-bond acceptors (Lipinski definition) is 2. The Bertz CT molecular complexity index is 983. The number of carbonyl (C=O) groups excluding carboxylic acids is 1. The lowest BCUT2D eigenvalue weighted by Gasteiger charge is -2.12. The molecule has 2 heterocycles. The number of likely N-dealkylation sites (N-methyl/N-ethyl adjacent to an activating group) is 1. The highest BCUT2D eigenvalue weighted by molar-refractivity contribution is 6.01. The molecule has 2 aromatic carbocycles. The molecule has 5 nitrogen and oxygen atoms in total. The fourth-order valence-electron chi connectivity index (χ4n) is 3.10. The quantitative estimate of drug-likeness (QED) is 0.571. The van der Waals surface area contributed by atoms with Gasteiger partial charge in [0, 0.05) is 12.7 Å². The summed E-state index contributed by atoms with van der Waals surface area (Å²) < 4.78 is 0. The summed E-state index contributed by atoms with van der Waals surface area (Å²) in [6.07, 6.45) is 0.563. The second-order valence-electron chi connectivity index (χ2n) is 6.22. The average molecular weight is 384 g/mol. The van der Waals surface area contributed by atoms with E-state index >= 15 is 0 Å². The van der Waals surface area contributed by atoms with Crippen molar-refractivity contribution in [2.45, 2.75) is 54.9 Å². The molecule has 3 aromatic rings. The number of benzene rings is 2. The Balaban J connectivity index is 0.000000238. The number of nitrogens with one attached hydrogen (secondary N) is 2. The van der Waals surface area contributed by atoms with Crippen LogP contribution in [0.15, 0.2) is 35.1 Å². The monoisotopic (exact) mass is 383 g/mol. The van der Waals surface area contributed by atoms with Crippen molar-refractivity contribution in [3.8, 4) is 0 Å². The normalized spacial score (nSPS) is 11.6. The van der Waals surface area contributed by atoms with E-state index in [1.165, 1.54) is 11.1 Å². The smallest absolute Gasteiger partial charge is 0.315 e. The van der Waals surface area contributed by atoms with Gasteiger partial charge < -0.3 is 14.9 Å². The number of aryl methyl sites for hydroxylation is 3. The highest BCUT2D eigenvalue weighted by atomic mass is 16.2. The zero-order chi connectivity index (χ0) is 21.4. The third kappa shape index (κ3) is 4.91. The number of aromatic nitrogens is 2. The van der Waals surface area contributed by atoms with Gasteiger partial charge in [-0.25, -0.2) is 4.79 Å². The first-order chi connectivity index (χ1) is 13.4. The van der Waals surface area contributed by atoms with Crippen molar-refractivity contribution in [3.05, 3.63) is 63.1 Å². The van der Waals surface area contributed by atoms with Crippen LogP contribution in [-0.2, 0) is 11.2 Å². The van der Waals surface area contributed by atoms with Gasteiger partial charge >= 0.3 is 5.69 Å². The van der Waals surface area contributed by atoms with Gasteiger partial charge in [-0.15, -0.1) is 0 Å². The second-order valence-corrected chi connectivity index (χ2v) is 6.22. The first-order valence-electron chi connectivity index (χ1n) is 9.91. The zero-order valence-corrected chi connectivity index (χ0v) is 18.4. The molecule has 0 unspecified atom stereocenters. The lowest BCUT2D eigenvalue weighted by Crippen LogP contribution is -2.21. The van der Waals surface area contributed by atoms with E-state index in [1.54, 1.807) is 4.90 Å². The number of imidazole rings is 1. The number of aromatic amines is 2. The molecule has 1 amide bonds. The summed E-state index contributed by atoms with van der Waals surface area (Å²) in [5, 5.41) is 0. The Labute approximate surface area is 167 Å². The average Bonchev–Trinajstić information content (AvgIpc) is 3.23. The second kappa shape index (κ2) is 10.5. The molecule has 0 bridgehead atoms. The summed E-state index contributed by atoms with van der Waals surface area (Å²) in [5.74, 6) is 0.194. The molecule has 1 aliphatic rings. The molecule has 0 radical (unpaired) electrons. The predicted molar refractivity (Wildman–Crippen MR) is 119 cm³/mol. The third-order valence-electron chi connectivity index (χ3n) is 4.60. The summed E-state index contributed by atoms with van der Waals surface area (Å²) in [6, 6.07) is 9.97. The van der Waals surface area contributed by atoms with E-state index in [9.17, 15) is 9.59 Å². The van der Waals surface area contributed by atoms with Gasteiger partial charge in [0.25, 0.3) is 0 Å². The van der Waals surface area contributed by atoms with Crippen LogP contribution >= 0.6 is 0 Å². The van der Waals surface area contributed by atoms with Crippen molar-refractivity contribution in [2.75, 3.05) is 11.9 Å². The van der Waals surface area contributed by atoms with E-state index in [2.05, 4.69) is 9.97 Å². The van der Waals surface area contributed by atoms with E-state index in [0.29, 0.717) is 6.42 Å². The van der Waals surface area contributed by atoms with Gasteiger partial charge in [0.1, 0.15) is 0 Å². The van der Waals surface area contributed by atoms with Crippen LogP contribution in [0.5, 0.6) is 0 Å². The van der Waals surface area contributed by atoms with Gasteiger partial charge in [-0.1, -0.05) is 52.0 Å². The molecule has 1 aromatic heterocycles. The number of anilines is 1. The lowest BCUT2D eigenvalue weighted by atomic mass is 10.1. The Morgan fingerprint density at radius 1 is 0.857 bits per heavy atom. The Morgan fingerprint density at radius 3 is 2.11 bits per heavy atom. The fourth-order valence-corrected chi connectivity index (χ4v) is 3.10. The molecule has 4 rings (SSSR count). The van der Waals surface area contributed by atoms with Crippen molar-refractivity contribution >= 4 is 22.6 Å². The third-order valence-corrected chi connectivity index (χ3v) is 4.60. The highest BCUT2D eigenvalue weighted by Crippen LogP contribution is 2.30. The maximum Gasteiger partial charge on any atom is 0.323 e. The molecular formula is C23H33N3O2. The summed E-state index contributed by atoms with van der Waals surface area (Å²) in [4.78, 5) is 29.5. The maximum absolute atomic E-state index is 11.3. The predicted octanol–water partition coefficient (Wildman–Crippen LogP) is 5.04. The van der Waals surface area contributed by atoms with Crippen molar-refractivity contribution in [3.63, 3.8) is 0 Å². The summed E-state index contributed by atoms with van der Waals surface area (Å²) in [5.41, 5.74) is 7.41. The number of nitrogens with zero attached hydrogens (tertiary/aromatic N) is 1. The topological polar surface area (TPSA) is 69.0 Å².